The number of nitrogen functional groups attached to an aromatic ring is 1. The van der Waals surface area contributed by atoms with Crippen LogP contribution < -0.4 is 5.73 Å². The van der Waals surface area contributed by atoms with Crippen LogP contribution in [0.4, 0.5) is 5.82 Å². The van der Waals surface area contributed by atoms with Gasteiger partial charge in [-0.25, -0.2) is 19.4 Å². The largest absolute Gasteiger partial charge is 0.465 e. The Morgan fingerprint density at radius 1 is 1.22 bits per heavy atom. The molecule has 3 aromatic heterocycles. The van der Waals surface area contributed by atoms with Gasteiger partial charge >= 0.3 is 5.97 Å². The van der Waals surface area contributed by atoms with Crippen molar-refractivity contribution in [2.24, 2.45) is 0 Å². The maximum Gasteiger partial charge on any atom is 0.337 e. The zero-order chi connectivity index (χ0) is 19.3. The first-order chi connectivity index (χ1) is 12.8. The Balaban J connectivity index is 1.96. The highest BCUT2D eigenvalue weighted by molar-refractivity contribution is 6.01. The molecule has 0 bridgehead atoms. The molecule has 0 saturated heterocycles. The number of hydrogen-bond acceptors (Lipinski definition) is 6. The number of carbonyl (C=O) groups excluding carboxylic acids is 1. The average Bonchev–Trinajstić information content (AvgIpc) is 3.21. The van der Waals surface area contributed by atoms with Gasteiger partial charge in [-0.05, 0) is 39.0 Å². The summed E-state index contributed by atoms with van der Waals surface area (Å²) >= 11 is 0. The summed E-state index contributed by atoms with van der Waals surface area (Å²) < 4.78 is 6.64. The van der Waals surface area contributed by atoms with E-state index in [1.807, 2.05) is 16.8 Å². The minimum Gasteiger partial charge on any atom is -0.465 e. The van der Waals surface area contributed by atoms with Crippen LogP contribution in [-0.4, -0.2) is 37.8 Å². The zero-order valence-corrected chi connectivity index (χ0v) is 15.6. The zero-order valence-electron chi connectivity index (χ0n) is 15.6. The fourth-order valence-electron chi connectivity index (χ4n) is 3.13. The molecule has 0 fully saturated rings. The number of methoxy groups -OCH3 is 1. The van der Waals surface area contributed by atoms with Crippen molar-refractivity contribution in [2.45, 2.75) is 26.3 Å². The van der Waals surface area contributed by atoms with E-state index in [1.165, 1.54) is 13.4 Å². The monoisotopic (exact) mass is 364 g/mol. The Kier molecular flexibility index (Phi) is 3.66. The lowest BCUT2D eigenvalue weighted by atomic mass is 10.1. The van der Waals surface area contributed by atoms with E-state index in [1.54, 1.807) is 12.1 Å². The molecule has 0 saturated carbocycles. The quantitative estimate of drug-likeness (QED) is 0.529. The van der Waals surface area contributed by atoms with Crippen LogP contribution in [0.2, 0.25) is 0 Å². The van der Waals surface area contributed by atoms with E-state index in [4.69, 9.17) is 15.6 Å². The molecule has 0 radical (unpaired) electrons. The van der Waals surface area contributed by atoms with Crippen LogP contribution in [0.15, 0.2) is 30.6 Å². The molecule has 4 rings (SSSR count). The number of aromatic amines is 1. The molecule has 0 spiro atoms. The van der Waals surface area contributed by atoms with Crippen molar-refractivity contribution in [3.63, 3.8) is 0 Å². The minimum absolute atomic E-state index is 0.276. The Morgan fingerprint density at radius 2 is 2.00 bits per heavy atom. The molecule has 0 unspecified atom stereocenters. The van der Waals surface area contributed by atoms with E-state index < -0.39 is 0 Å². The van der Waals surface area contributed by atoms with Crippen molar-refractivity contribution in [1.29, 1.82) is 0 Å². The molecule has 3 N–H and O–H groups in total. The van der Waals surface area contributed by atoms with Gasteiger partial charge in [-0.2, -0.15) is 5.10 Å². The Morgan fingerprint density at radius 3 is 2.70 bits per heavy atom. The molecule has 3 heterocycles. The molecule has 8 heteroatoms. The minimum atomic E-state index is -0.381. The number of nitrogens with one attached hydrogen (secondary N) is 1. The summed E-state index contributed by atoms with van der Waals surface area (Å²) in [5.41, 5.74) is 9.29. The summed E-state index contributed by atoms with van der Waals surface area (Å²) in [6.45, 7) is 6.15. The van der Waals surface area contributed by atoms with Gasteiger partial charge in [0.25, 0.3) is 0 Å². The van der Waals surface area contributed by atoms with Crippen LogP contribution in [0.3, 0.4) is 0 Å². The van der Waals surface area contributed by atoms with E-state index in [9.17, 15) is 4.79 Å². The smallest absolute Gasteiger partial charge is 0.337 e. The van der Waals surface area contributed by atoms with Crippen LogP contribution in [0.5, 0.6) is 0 Å². The summed E-state index contributed by atoms with van der Waals surface area (Å²) in [6, 6.07) is 7.32. The highest BCUT2D eigenvalue weighted by Gasteiger charge is 2.24. The Labute approximate surface area is 155 Å². The van der Waals surface area contributed by atoms with Gasteiger partial charge in [-0.15, -0.1) is 0 Å². The second kappa shape index (κ2) is 5.80. The van der Waals surface area contributed by atoms with Crippen LogP contribution in [0, 0.1) is 0 Å². The first-order valence-corrected chi connectivity index (χ1v) is 8.50. The van der Waals surface area contributed by atoms with Gasteiger partial charge in [0.05, 0.1) is 29.3 Å². The first-order valence-electron chi connectivity index (χ1n) is 8.50. The van der Waals surface area contributed by atoms with Gasteiger partial charge in [0.15, 0.2) is 5.65 Å². The maximum atomic E-state index is 11.8. The molecular formula is C19H20N6O2. The maximum absolute atomic E-state index is 11.8. The number of benzene rings is 1. The average molecular weight is 364 g/mol. The molecule has 4 aromatic rings. The number of nitrogens with two attached hydrogens (primary N) is 1. The van der Waals surface area contributed by atoms with Crippen molar-refractivity contribution in [1.82, 2.24) is 24.7 Å². The fourth-order valence-corrected chi connectivity index (χ4v) is 3.13. The van der Waals surface area contributed by atoms with Crippen LogP contribution in [0.25, 0.3) is 33.3 Å². The number of rotatable bonds is 2. The predicted molar refractivity (Wildman–Crippen MR) is 103 cm³/mol. The van der Waals surface area contributed by atoms with Gasteiger partial charge in [-0.3, -0.25) is 0 Å². The second-order valence-electron chi connectivity index (χ2n) is 7.37. The molecule has 0 aliphatic carbocycles. The van der Waals surface area contributed by atoms with Gasteiger partial charge in [-0.1, -0.05) is 6.07 Å². The van der Waals surface area contributed by atoms with Crippen LogP contribution in [-0.2, 0) is 10.3 Å². The lowest BCUT2D eigenvalue weighted by Crippen LogP contribution is -2.23. The molecule has 0 aliphatic heterocycles. The first kappa shape index (κ1) is 17.0. The fraction of sp³-hybridized carbons (Fsp3) is 0.263. The number of hydrogen-bond donors (Lipinski definition) is 2. The molecule has 0 amide bonds. The summed E-state index contributed by atoms with van der Waals surface area (Å²) in [5, 5.41) is 6.42. The molecule has 0 atom stereocenters. The number of fused-ring (bicyclic) bond motifs is 2. The number of carbonyl (C=O) groups is 1. The van der Waals surface area contributed by atoms with Gasteiger partial charge in [0, 0.05) is 10.9 Å². The van der Waals surface area contributed by atoms with Crippen molar-refractivity contribution in [3.8, 4) is 11.4 Å². The third kappa shape index (κ3) is 2.69. The number of H-pyrrole nitrogens is 1. The number of ether oxygens (including phenoxy) is 1. The number of nitrogens with zero attached hydrogens (tertiary/aromatic N) is 4. The molecule has 1 aromatic carbocycles. The Hall–Kier alpha value is -3.42. The van der Waals surface area contributed by atoms with E-state index in [0.717, 1.165) is 16.6 Å². The van der Waals surface area contributed by atoms with Gasteiger partial charge in [0.1, 0.15) is 17.8 Å². The van der Waals surface area contributed by atoms with Crippen LogP contribution >= 0.6 is 0 Å². The van der Waals surface area contributed by atoms with Crippen molar-refractivity contribution in [3.05, 3.63) is 36.2 Å². The van der Waals surface area contributed by atoms with Crippen molar-refractivity contribution >= 4 is 33.7 Å². The second-order valence-corrected chi connectivity index (χ2v) is 7.37. The standard InChI is InChI=1S/C19H20N6O2/c1-19(2,3)25-17-14(16(20)21-9-22-17)15(24-25)13-7-10-5-6-11(18(26)27-4)8-12(10)23-13/h5-9,23H,1-4H3,(H2,20,21,22). The van der Waals surface area contributed by atoms with E-state index in [-0.39, 0.29) is 11.5 Å². The Bertz CT molecular complexity index is 1180. The lowest BCUT2D eigenvalue weighted by molar-refractivity contribution is 0.0601. The normalized spacial score (nSPS) is 12.0. The summed E-state index contributed by atoms with van der Waals surface area (Å²) in [7, 11) is 1.36. The van der Waals surface area contributed by atoms with Gasteiger partial charge < -0.3 is 15.5 Å². The number of esters is 1. The molecule has 8 nitrogen and oxygen atoms in total. The van der Waals surface area contributed by atoms with Crippen LogP contribution in [0.1, 0.15) is 31.1 Å². The molecule has 27 heavy (non-hydrogen) atoms. The SMILES string of the molecule is COC(=O)c1ccc2cc(-c3nn(C(C)(C)C)c4ncnc(N)c34)[nH]c2c1. The summed E-state index contributed by atoms with van der Waals surface area (Å²) in [6.07, 6.45) is 1.44. The third-order valence-corrected chi connectivity index (χ3v) is 4.43. The van der Waals surface area contributed by atoms with E-state index in [0.29, 0.717) is 28.1 Å². The van der Waals surface area contributed by atoms with Gasteiger partial charge in [0.2, 0.25) is 0 Å². The molecule has 138 valence electrons. The van der Waals surface area contributed by atoms with E-state index >= 15 is 0 Å². The topological polar surface area (TPSA) is 112 Å². The number of anilines is 1. The van der Waals surface area contributed by atoms with E-state index in [2.05, 4.69) is 35.7 Å². The summed E-state index contributed by atoms with van der Waals surface area (Å²) in [4.78, 5) is 23.6. The number of aromatic nitrogens is 5. The summed E-state index contributed by atoms with van der Waals surface area (Å²) in [5.74, 6) is -0.00689. The highest BCUT2D eigenvalue weighted by atomic mass is 16.5. The lowest BCUT2D eigenvalue weighted by Gasteiger charge is -2.19. The van der Waals surface area contributed by atoms with Crippen molar-refractivity contribution in [2.75, 3.05) is 12.8 Å². The molecular weight excluding hydrogens is 344 g/mol. The highest BCUT2D eigenvalue weighted by Crippen LogP contribution is 2.34. The predicted octanol–water partition coefficient (Wildman–Crippen LogP) is 3.10. The molecule has 0 aliphatic rings. The third-order valence-electron chi connectivity index (χ3n) is 4.43. The van der Waals surface area contributed by atoms with Crippen molar-refractivity contribution < 1.29 is 9.53 Å².